The van der Waals surface area contributed by atoms with Crippen LogP contribution in [-0.2, 0) is 9.59 Å². The van der Waals surface area contributed by atoms with E-state index in [-0.39, 0.29) is 23.7 Å². The first kappa shape index (κ1) is 12.1. The van der Waals surface area contributed by atoms with Crippen molar-refractivity contribution in [3.05, 3.63) is 29.3 Å². The van der Waals surface area contributed by atoms with E-state index in [2.05, 4.69) is 0 Å². The molecule has 0 aromatic heterocycles. The molecule has 2 saturated carbocycles. The fourth-order valence-corrected chi connectivity index (χ4v) is 4.70. The maximum atomic E-state index is 12.7. The molecule has 2 aliphatic carbocycles. The molecule has 1 heterocycles. The van der Waals surface area contributed by atoms with Gasteiger partial charge >= 0.3 is 0 Å². The first-order valence-electron chi connectivity index (χ1n) is 7.53. The summed E-state index contributed by atoms with van der Waals surface area (Å²) < 4.78 is 0. The molecule has 3 nitrogen and oxygen atoms in total. The Hall–Kier alpha value is -1.64. The summed E-state index contributed by atoms with van der Waals surface area (Å²) in [6.45, 7) is 4.00. The Morgan fingerprint density at radius 3 is 2.15 bits per heavy atom. The van der Waals surface area contributed by atoms with Crippen molar-refractivity contribution in [2.45, 2.75) is 33.1 Å². The molecule has 3 heteroatoms. The lowest BCUT2D eigenvalue weighted by Gasteiger charge is -2.19. The number of hydrogen-bond acceptors (Lipinski definition) is 2. The Balaban J connectivity index is 1.77. The number of rotatable bonds is 1. The van der Waals surface area contributed by atoms with Gasteiger partial charge in [-0.3, -0.25) is 9.59 Å². The lowest BCUT2D eigenvalue weighted by Crippen LogP contribution is -2.33. The zero-order valence-corrected chi connectivity index (χ0v) is 11.9. The van der Waals surface area contributed by atoms with Crippen molar-refractivity contribution in [2.75, 3.05) is 4.90 Å². The third-order valence-electron chi connectivity index (χ3n) is 5.52. The van der Waals surface area contributed by atoms with E-state index in [1.54, 1.807) is 0 Å². The van der Waals surface area contributed by atoms with Crippen LogP contribution in [0.2, 0.25) is 0 Å². The van der Waals surface area contributed by atoms with Crippen molar-refractivity contribution in [3.8, 4) is 0 Å². The van der Waals surface area contributed by atoms with Crippen LogP contribution < -0.4 is 4.90 Å². The Kier molecular flexibility index (Phi) is 2.39. The van der Waals surface area contributed by atoms with Crippen LogP contribution in [0.25, 0.3) is 0 Å². The SMILES string of the molecule is Cc1ccc(N2C(=O)[C@H]3[C@H]4CC[C@@H](C4)[C@@H]3C2=O)c(C)c1. The van der Waals surface area contributed by atoms with Crippen molar-refractivity contribution >= 4 is 17.5 Å². The highest BCUT2D eigenvalue weighted by molar-refractivity contribution is 6.22. The van der Waals surface area contributed by atoms with E-state index < -0.39 is 0 Å². The fourth-order valence-electron chi connectivity index (χ4n) is 4.70. The maximum Gasteiger partial charge on any atom is 0.237 e. The van der Waals surface area contributed by atoms with Gasteiger partial charge in [-0.1, -0.05) is 17.7 Å². The van der Waals surface area contributed by atoms with Crippen LogP contribution in [0, 0.1) is 37.5 Å². The molecule has 1 saturated heterocycles. The average molecular weight is 269 g/mol. The Bertz CT molecular complexity index is 593. The van der Waals surface area contributed by atoms with E-state index in [9.17, 15) is 9.59 Å². The topological polar surface area (TPSA) is 37.4 Å². The van der Waals surface area contributed by atoms with Crippen molar-refractivity contribution in [2.24, 2.45) is 23.7 Å². The molecular formula is C17H19NO2. The molecule has 2 amide bonds. The summed E-state index contributed by atoms with van der Waals surface area (Å²) in [5, 5.41) is 0. The molecule has 4 atom stereocenters. The van der Waals surface area contributed by atoms with Gasteiger partial charge in [0.05, 0.1) is 17.5 Å². The van der Waals surface area contributed by atoms with Gasteiger partial charge in [0.15, 0.2) is 0 Å². The quantitative estimate of drug-likeness (QED) is 0.735. The molecule has 1 aromatic carbocycles. The lowest BCUT2D eigenvalue weighted by molar-refractivity contribution is -0.123. The molecule has 3 fully saturated rings. The minimum Gasteiger partial charge on any atom is -0.274 e. The molecule has 1 aromatic rings. The second-order valence-corrected chi connectivity index (χ2v) is 6.69. The zero-order valence-electron chi connectivity index (χ0n) is 11.9. The van der Waals surface area contributed by atoms with Crippen LogP contribution in [-0.4, -0.2) is 11.8 Å². The van der Waals surface area contributed by atoms with Gasteiger partial charge in [-0.25, -0.2) is 4.90 Å². The summed E-state index contributed by atoms with van der Waals surface area (Å²) in [5.41, 5.74) is 2.96. The van der Waals surface area contributed by atoms with Crippen LogP contribution in [0.3, 0.4) is 0 Å². The molecular weight excluding hydrogens is 250 g/mol. The standard InChI is InChI=1S/C17H19NO2/c1-9-3-6-13(10(2)7-9)18-16(19)14-11-4-5-12(8-11)15(14)17(18)20/h3,6-7,11-12,14-15H,4-5,8H2,1-2H3/t11-,12-,14-,15-/m0/s1. The Morgan fingerprint density at radius 2 is 1.60 bits per heavy atom. The fraction of sp³-hybridized carbons (Fsp3) is 0.529. The number of hydrogen-bond donors (Lipinski definition) is 0. The van der Waals surface area contributed by atoms with Gasteiger partial charge < -0.3 is 0 Å². The van der Waals surface area contributed by atoms with Gasteiger partial charge in [-0.2, -0.15) is 0 Å². The van der Waals surface area contributed by atoms with E-state index in [0.717, 1.165) is 36.1 Å². The second kappa shape index (κ2) is 3.94. The summed E-state index contributed by atoms with van der Waals surface area (Å²) >= 11 is 0. The summed E-state index contributed by atoms with van der Waals surface area (Å²) in [6, 6.07) is 5.94. The molecule has 0 radical (unpaired) electrons. The molecule has 20 heavy (non-hydrogen) atoms. The van der Waals surface area contributed by atoms with E-state index in [0.29, 0.717) is 11.8 Å². The second-order valence-electron chi connectivity index (χ2n) is 6.69. The lowest BCUT2D eigenvalue weighted by atomic mass is 9.81. The van der Waals surface area contributed by atoms with E-state index in [4.69, 9.17) is 0 Å². The Labute approximate surface area is 119 Å². The number of aryl methyl sites for hydroxylation is 2. The van der Waals surface area contributed by atoms with E-state index in [1.807, 2.05) is 32.0 Å². The minimum absolute atomic E-state index is 0.0260. The van der Waals surface area contributed by atoms with Crippen LogP contribution in [0.5, 0.6) is 0 Å². The number of nitrogens with zero attached hydrogens (tertiary/aromatic N) is 1. The first-order valence-corrected chi connectivity index (χ1v) is 7.53. The normalized spacial score (nSPS) is 35.0. The molecule has 0 N–H and O–H groups in total. The van der Waals surface area contributed by atoms with Gasteiger partial charge in [-0.15, -0.1) is 0 Å². The number of imide groups is 1. The third-order valence-corrected chi connectivity index (χ3v) is 5.52. The van der Waals surface area contributed by atoms with E-state index in [1.165, 1.54) is 4.90 Å². The van der Waals surface area contributed by atoms with Crippen molar-refractivity contribution in [1.29, 1.82) is 0 Å². The van der Waals surface area contributed by atoms with Crippen LogP contribution in [0.1, 0.15) is 30.4 Å². The van der Waals surface area contributed by atoms with Crippen molar-refractivity contribution in [1.82, 2.24) is 0 Å². The Morgan fingerprint density at radius 1 is 1.00 bits per heavy atom. The largest absolute Gasteiger partial charge is 0.274 e. The molecule has 0 spiro atoms. The molecule has 1 aliphatic heterocycles. The van der Waals surface area contributed by atoms with Gasteiger partial charge in [-0.05, 0) is 56.6 Å². The maximum absolute atomic E-state index is 12.7. The molecule has 2 bridgehead atoms. The van der Waals surface area contributed by atoms with Gasteiger partial charge in [0.2, 0.25) is 11.8 Å². The van der Waals surface area contributed by atoms with Crippen molar-refractivity contribution in [3.63, 3.8) is 0 Å². The summed E-state index contributed by atoms with van der Waals surface area (Å²) in [6.07, 6.45) is 3.35. The highest BCUT2D eigenvalue weighted by Crippen LogP contribution is 2.56. The number of fused-ring (bicyclic) bond motifs is 5. The highest BCUT2D eigenvalue weighted by Gasteiger charge is 2.61. The van der Waals surface area contributed by atoms with Gasteiger partial charge in [0, 0.05) is 0 Å². The van der Waals surface area contributed by atoms with Crippen molar-refractivity contribution < 1.29 is 9.59 Å². The van der Waals surface area contributed by atoms with Gasteiger partial charge in [0.25, 0.3) is 0 Å². The zero-order chi connectivity index (χ0) is 14.0. The average Bonchev–Trinajstić information content (AvgIpc) is 3.06. The highest BCUT2D eigenvalue weighted by atomic mass is 16.2. The smallest absolute Gasteiger partial charge is 0.237 e. The van der Waals surface area contributed by atoms with Crippen LogP contribution in [0.15, 0.2) is 18.2 Å². The van der Waals surface area contributed by atoms with Crippen LogP contribution in [0.4, 0.5) is 5.69 Å². The minimum atomic E-state index is -0.0260. The summed E-state index contributed by atoms with van der Waals surface area (Å²) in [7, 11) is 0. The molecule has 3 aliphatic rings. The predicted octanol–water partition coefficient (Wildman–Crippen LogP) is 2.84. The first-order chi connectivity index (χ1) is 9.58. The number of benzene rings is 1. The van der Waals surface area contributed by atoms with Crippen LogP contribution >= 0.6 is 0 Å². The summed E-state index contributed by atoms with van der Waals surface area (Å²) in [5.74, 6) is 0.969. The summed E-state index contributed by atoms with van der Waals surface area (Å²) in [4.78, 5) is 26.9. The monoisotopic (exact) mass is 269 g/mol. The molecule has 4 rings (SSSR count). The predicted molar refractivity (Wildman–Crippen MR) is 76.2 cm³/mol. The number of carbonyl (C=O) groups excluding carboxylic acids is 2. The number of anilines is 1. The molecule has 104 valence electrons. The van der Waals surface area contributed by atoms with Gasteiger partial charge in [0.1, 0.15) is 0 Å². The van der Waals surface area contributed by atoms with E-state index >= 15 is 0 Å². The number of amides is 2. The third kappa shape index (κ3) is 1.41. The molecule has 0 unspecified atom stereocenters. The number of carbonyl (C=O) groups is 2.